The molecular weight excluding hydrogens is 356 g/mol. The lowest BCUT2D eigenvalue weighted by molar-refractivity contribution is -0.136. The van der Waals surface area contributed by atoms with Gasteiger partial charge < -0.3 is 19.3 Å². The third kappa shape index (κ3) is 4.93. The van der Waals surface area contributed by atoms with Gasteiger partial charge in [-0.25, -0.2) is 0 Å². The number of likely N-dealkylation sites (tertiary alicyclic amines) is 1. The summed E-state index contributed by atoms with van der Waals surface area (Å²) in [5, 5.41) is 0. The van der Waals surface area contributed by atoms with Crippen LogP contribution in [0.2, 0.25) is 0 Å². The second-order valence-electron chi connectivity index (χ2n) is 7.40. The third-order valence-corrected chi connectivity index (χ3v) is 5.37. The summed E-state index contributed by atoms with van der Waals surface area (Å²) in [6, 6.07) is 7.63. The largest absolute Gasteiger partial charge is 0.490 e. The maximum Gasteiger partial charge on any atom is 0.254 e. The molecule has 2 aliphatic rings. The molecule has 2 heterocycles. The Morgan fingerprint density at radius 3 is 2.50 bits per heavy atom. The molecule has 0 saturated carbocycles. The number of rotatable bonds is 7. The average molecular weight is 386 g/mol. The topological polar surface area (TPSA) is 59.1 Å². The van der Waals surface area contributed by atoms with Gasteiger partial charge in [0.2, 0.25) is 5.91 Å². The maximum absolute atomic E-state index is 12.8. The summed E-state index contributed by atoms with van der Waals surface area (Å²) >= 11 is 0. The van der Waals surface area contributed by atoms with Gasteiger partial charge in [-0.05, 0) is 30.7 Å². The van der Waals surface area contributed by atoms with Gasteiger partial charge in [-0.15, -0.1) is 0 Å². The molecule has 152 valence electrons. The Morgan fingerprint density at radius 2 is 1.86 bits per heavy atom. The van der Waals surface area contributed by atoms with E-state index in [0.29, 0.717) is 25.2 Å². The number of amides is 2. The number of hydrogen-bond donors (Lipinski definition) is 0. The molecule has 3 rings (SSSR count). The van der Waals surface area contributed by atoms with E-state index >= 15 is 0 Å². The smallest absolute Gasteiger partial charge is 0.254 e. The van der Waals surface area contributed by atoms with Crippen LogP contribution in [0.15, 0.2) is 36.4 Å². The van der Waals surface area contributed by atoms with Gasteiger partial charge in [-0.1, -0.05) is 25.5 Å². The summed E-state index contributed by atoms with van der Waals surface area (Å²) in [5.41, 5.74) is 0.692. The Morgan fingerprint density at radius 1 is 1.14 bits per heavy atom. The number of carbonyl (C=O) groups excluding carboxylic acids is 2. The molecule has 1 aromatic carbocycles. The monoisotopic (exact) mass is 386 g/mol. The Balaban J connectivity index is 1.51. The van der Waals surface area contributed by atoms with Crippen molar-refractivity contribution in [1.82, 2.24) is 9.80 Å². The molecule has 0 bridgehead atoms. The summed E-state index contributed by atoms with van der Waals surface area (Å²) in [5.74, 6) is 0.865. The Kier molecular flexibility index (Phi) is 7.09. The van der Waals surface area contributed by atoms with Gasteiger partial charge in [0.05, 0.1) is 6.04 Å². The van der Waals surface area contributed by atoms with E-state index in [1.54, 1.807) is 0 Å². The van der Waals surface area contributed by atoms with Crippen LogP contribution in [-0.2, 0) is 9.53 Å². The number of methoxy groups -OCH3 is 1. The second-order valence-corrected chi connectivity index (χ2v) is 7.40. The van der Waals surface area contributed by atoms with Gasteiger partial charge in [-0.2, -0.15) is 0 Å². The van der Waals surface area contributed by atoms with Crippen molar-refractivity contribution < 1.29 is 19.1 Å². The number of carbonyl (C=O) groups is 2. The highest BCUT2D eigenvalue weighted by molar-refractivity contribution is 5.95. The van der Waals surface area contributed by atoms with Crippen LogP contribution in [0.1, 0.15) is 43.0 Å². The van der Waals surface area contributed by atoms with E-state index in [2.05, 4.69) is 19.1 Å². The SMILES string of the molecule is CCC[C@H]1C=CCN1C(=O)c1ccc(OC2CCN(C(=O)COC)CC2)cc1. The first-order valence-electron chi connectivity index (χ1n) is 10.1. The molecule has 0 unspecified atom stereocenters. The molecule has 1 saturated heterocycles. The summed E-state index contributed by atoms with van der Waals surface area (Å²) in [6.45, 7) is 4.32. The first-order valence-corrected chi connectivity index (χ1v) is 10.1. The van der Waals surface area contributed by atoms with Gasteiger partial charge in [-0.3, -0.25) is 9.59 Å². The molecule has 0 aliphatic carbocycles. The number of hydrogen-bond acceptors (Lipinski definition) is 4. The molecule has 0 spiro atoms. The molecule has 6 nitrogen and oxygen atoms in total. The Bertz CT molecular complexity index is 693. The molecule has 2 amide bonds. The highest BCUT2D eigenvalue weighted by Crippen LogP contribution is 2.22. The van der Waals surface area contributed by atoms with Crippen molar-refractivity contribution in [3.8, 4) is 5.75 Å². The first-order chi connectivity index (χ1) is 13.6. The highest BCUT2D eigenvalue weighted by atomic mass is 16.5. The van der Waals surface area contributed by atoms with Crippen LogP contribution in [0, 0.1) is 0 Å². The van der Waals surface area contributed by atoms with E-state index in [-0.39, 0.29) is 30.6 Å². The quantitative estimate of drug-likeness (QED) is 0.676. The van der Waals surface area contributed by atoms with Crippen LogP contribution in [0.5, 0.6) is 5.75 Å². The predicted octanol–water partition coefficient (Wildman–Crippen LogP) is 2.88. The minimum absolute atomic E-state index is 0.0293. The Labute approximate surface area is 167 Å². The molecule has 2 aliphatic heterocycles. The van der Waals surface area contributed by atoms with Crippen molar-refractivity contribution in [3.05, 3.63) is 42.0 Å². The lowest BCUT2D eigenvalue weighted by Crippen LogP contribution is -2.43. The van der Waals surface area contributed by atoms with E-state index < -0.39 is 0 Å². The summed E-state index contributed by atoms with van der Waals surface area (Å²) in [7, 11) is 1.53. The molecule has 0 aromatic heterocycles. The minimum Gasteiger partial charge on any atom is -0.490 e. The van der Waals surface area contributed by atoms with E-state index in [1.165, 1.54) is 7.11 Å². The van der Waals surface area contributed by atoms with Crippen LogP contribution in [0.3, 0.4) is 0 Å². The molecule has 0 radical (unpaired) electrons. The second kappa shape index (κ2) is 9.73. The van der Waals surface area contributed by atoms with E-state index in [9.17, 15) is 9.59 Å². The number of ether oxygens (including phenoxy) is 2. The summed E-state index contributed by atoms with van der Waals surface area (Å²) < 4.78 is 11.0. The molecule has 0 N–H and O–H groups in total. The van der Waals surface area contributed by atoms with Crippen LogP contribution in [0.25, 0.3) is 0 Å². The fraction of sp³-hybridized carbons (Fsp3) is 0.545. The number of nitrogens with zero attached hydrogens (tertiary/aromatic N) is 2. The zero-order valence-corrected chi connectivity index (χ0v) is 16.8. The summed E-state index contributed by atoms with van der Waals surface area (Å²) in [4.78, 5) is 28.4. The fourth-order valence-electron chi connectivity index (χ4n) is 3.82. The number of benzene rings is 1. The van der Waals surface area contributed by atoms with E-state index in [0.717, 1.165) is 31.4 Å². The fourth-order valence-corrected chi connectivity index (χ4v) is 3.82. The van der Waals surface area contributed by atoms with Crippen LogP contribution in [0.4, 0.5) is 0 Å². The van der Waals surface area contributed by atoms with Crippen LogP contribution < -0.4 is 4.74 Å². The van der Waals surface area contributed by atoms with Gasteiger partial charge >= 0.3 is 0 Å². The van der Waals surface area contributed by atoms with Crippen molar-refractivity contribution in [3.63, 3.8) is 0 Å². The zero-order valence-electron chi connectivity index (χ0n) is 16.8. The first kappa shape index (κ1) is 20.4. The van der Waals surface area contributed by atoms with Gasteiger partial charge in [0.1, 0.15) is 18.5 Å². The number of piperidine rings is 1. The Hall–Kier alpha value is -2.34. The normalized spacial score (nSPS) is 19.9. The summed E-state index contributed by atoms with van der Waals surface area (Å²) in [6.07, 6.45) is 7.94. The molecule has 28 heavy (non-hydrogen) atoms. The lowest BCUT2D eigenvalue weighted by atomic mass is 10.1. The average Bonchev–Trinajstić information content (AvgIpc) is 3.17. The molecule has 1 fully saturated rings. The molecular formula is C22H30N2O4. The third-order valence-electron chi connectivity index (χ3n) is 5.37. The van der Waals surface area contributed by atoms with Crippen molar-refractivity contribution >= 4 is 11.8 Å². The van der Waals surface area contributed by atoms with Crippen molar-refractivity contribution in [2.45, 2.75) is 44.8 Å². The lowest BCUT2D eigenvalue weighted by Gasteiger charge is -2.32. The van der Waals surface area contributed by atoms with Crippen molar-refractivity contribution in [2.75, 3.05) is 33.4 Å². The van der Waals surface area contributed by atoms with Crippen molar-refractivity contribution in [2.24, 2.45) is 0 Å². The molecule has 1 aromatic rings. The van der Waals surface area contributed by atoms with Gasteiger partial charge in [0.15, 0.2) is 0 Å². The minimum atomic E-state index is 0.0293. The van der Waals surface area contributed by atoms with E-state index in [4.69, 9.17) is 9.47 Å². The van der Waals surface area contributed by atoms with Crippen LogP contribution >= 0.6 is 0 Å². The molecule has 1 atom stereocenters. The van der Waals surface area contributed by atoms with Crippen LogP contribution in [-0.4, -0.2) is 67.1 Å². The van der Waals surface area contributed by atoms with Crippen molar-refractivity contribution in [1.29, 1.82) is 0 Å². The maximum atomic E-state index is 12.8. The predicted molar refractivity (Wildman–Crippen MR) is 107 cm³/mol. The zero-order chi connectivity index (χ0) is 19.9. The van der Waals surface area contributed by atoms with Gasteiger partial charge in [0, 0.05) is 45.1 Å². The van der Waals surface area contributed by atoms with E-state index in [1.807, 2.05) is 34.1 Å². The molecule has 6 heteroatoms. The standard InChI is InChI=1S/C22H30N2O4/c1-3-5-18-6-4-13-24(18)22(26)17-7-9-19(10-8-17)28-20-11-14-23(15-12-20)21(25)16-27-2/h4,6-10,18,20H,3,5,11-16H2,1-2H3/t18-/m0/s1. The highest BCUT2D eigenvalue weighted by Gasteiger charge is 2.26. The van der Waals surface area contributed by atoms with Gasteiger partial charge in [0.25, 0.3) is 5.91 Å².